The first-order valence-corrected chi connectivity index (χ1v) is 7.86. The molecule has 0 saturated carbocycles. The number of carbonyl (C=O) groups is 1. The Morgan fingerprint density at radius 3 is 2.14 bits per heavy atom. The largest absolute Gasteiger partial charge is 0.335 e. The molecule has 0 bridgehead atoms. The molecule has 21 heavy (non-hydrogen) atoms. The second-order valence-corrected chi connectivity index (χ2v) is 5.60. The van der Waals surface area contributed by atoms with E-state index < -0.39 is 0 Å². The highest BCUT2D eigenvalue weighted by Gasteiger charge is 2.15. The van der Waals surface area contributed by atoms with Gasteiger partial charge < -0.3 is 16.0 Å². The van der Waals surface area contributed by atoms with Crippen molar-refractivity contribution in [3.05, 3.63) is 29.8 Å². The molecule has 4 heteroatoms. The van der Waals surface area contributed by atoms with Gasteiger partial charge in [-0.1, -0.05) is 38.8 Å². The van der Waals surface area contributed by atoms with Crippen LogP contribution in [0, 0.1) is 5.92 Å². The van der Waals surface area contributed by atoms with Crippen molar-refractivity contribution in [1.82, 2.24) is 10.6 Å². The molecule has 4 nitrogen and oxygen atoms in total. The lowest BCUT2D eigenvalue weighted by molar-refractivity contribution is 0.243. The van der Waals surface area contributed by atoms with Gasteiger partial charge in [0.15, 0.2) is 0 Å². The van der Waals surface area contributed by atoms with Gasteiger partial charge in [-0.05, 0) is 44.5 Å². The molecule has 2 atom stereocenters. The molecule has 2 unspecified atom stereocenters. The maximum atomic E-state index is 12.0. The summed E-state index contributed by atoms with van der Waals surface area (Å²) < 4.78 is 0. The summed E-state index contributed by atoms with van der Waals surface area (Å²) in [5.41, 5.74) is 2.02. The number of nitrogens with one attached hydrogen (secondary N) is 3. The van der Waals surface area contributed by atoms with Gasteiger partial charge in [0, 0.05) is 17.8 Å². The van der Waals surface area contributed by atoms with Crippen molar-refractivity contribution in [2.45, 2.75) is 52.6 Å². The zero-order valence-electron chi connectivity index (χ0n) is 13.9. The van der Waals surface area contributed by atoms with Crippen LogP contribution in [0.15, 0.2) is 24.3 Å². The number of hydrogen-bond donors (Lipinski definition) is 3. The van der Waals surface area contributed by atoms with Crippen LogP contribution in [-0.2, 0) is 0 Å². The molecule has 1 aromatic rings. The van der Waals surface area contributed by atoms with Crippen LogP contribution in [0.4, 0.5) is 10.5 Å². The highest BCUT2D eigenvalue weighted by atomic mass is 16.2. The second kappa shape index (κ2) is 8.67. The molecule has 1 rings (SSSR count). The van der Waals surface area contributed by atoms with Crippen LogP contribution < -0.4 is 16.0 Å². The minimum atomic E-state index is -0.135. The average Bonchev–Trinajstić information content (AvgIpc) is 2.48. The average molecular weight is 291 g/mol. The molecule has 0 aromatic heterocycles. The van der Waals surface area contributed by atoms with Gasteiger partial charge in [-0.2, -0.15) is 0 Å². The third kappa shape index (κ3) is 5.38. The van der Waals surface area contributed by atoms with Crippen molar-refractivity contribution in [3.63, 3.8) is 0 Å². The van der Waals surface area contributed by atoms with Crippen LogP contribution in [0.3, 0.4) is 0 Å². The van der Waals surface area contributed by atoms with Crippen LogP contribution in [0.5, 0.6) is 0 Å². The van der Waals surface area contributed by atoms with Gasteiger partial charge in [-0.3, -0.25) is 0 Å². The Bertz CT molecular complexity index is 426. The zero-order chi connectivity index (χ0) is 15.8. The van der Waals surface area contributed by atoms with Gasteiger partial charge in [0.1, 0.15) is 0 Å². The first-order valence-electron chi connectivity index (χ1n) is 7.86. The molecule has 0 radical (unpaired) electrons. The number of anilines is 1. The van der Waals surface area contributed by atoms with Crippen molar-refractivity contribution >= 4 is 11.7 Å². The predicted molar refractivity (Wildman–Crippen MR) is 89.6 cm³/mol. The third-order valence-electron chi connectivity index (χ3n) is 4.22. The molecule has 0 heterocycles. The minimum absolute atomic E-state index is 0.135. The minimum Gasteiger partial charge on any atom is -0.335 e. The van der Waals surface area contributed by atoms with E-state index in [1.807, 2.05) is 31.3 Å². The Kier molecular flexibility index (Phi) is 7.23. The normalized spacial score (nSPS) is 13.8. The summed E-state index contributed by atoms with van der Waals surface area (Å²) in [7, 11) is 1.93. The summed E-state index contributed by atoms with van der Waals surface area (Å²) in [5, 5.41) is 9.10. The number of benzene rings is 1. The number of urea groups is 1. The molecular weight excluding hydrogens is 262 g/mol. The van der Waals surface area contributed by atoms with E-state index in [0.29, 0.717) is 12.0 Å². The molecule has 0 fully saturated rings. The quantitative estimate of drug-likeness (QED) is 0.713. The van der Waals surface area contributed by atoms with Crippen molar-refractivity contribution in [2.75, 3.05) is 12.4 Å². The number of rotatable bonds is 7. The van der Waals surface area contributed by atoms with Crippen LogP contribution in [0.1, 0.15) is 52.1 Å². The van der Waals surface area contributed by atoms with Gasteiger partial charge in [0.2, 0.25) is 0 Å². The topological polar surface area (TPSA) is 53.2 Å². The van der Waals surface area contributed by atoms with E-state index in [2.05, 4.69) is 43.6 Å². The van der Waals surface area contributed by atoms with Crippen molar-refractivity contribution < 1.29 is 4.79 Å². The lowest BCUT2D eigenvalue weighted by atomic mass is 9.96. The van der Waals surface area contributed by atoms with Crippen LogP contribution in [-0.4, -0.2) is 19.1 Å². The second-order valence-electron chi connectivity index (χ2n) is 5.60. The molecular formula is C17H29N3O. The zero-order valence-corrected chi connectivity index (χ0v) is 13.9. The highest BCUT2D eigenvalue weighted by Crippen LogP contribution is 2.16. The molecule has 1 aromatic carbocycles. The molecule has 118 valence electrons. The first kappa shape index (κ1) is 17.5. The number of amides is 2. The van der Waals surface area contributed by atoms with Gasteiger partial charge in [-0.25, -0.2) is 4.79 Å². The molecule has 0 aliphatic carbocycles. The van der Waals surface area contributed by atoms with Gasteiger partial charge in [0.05, 0.1) is 0 Å². The fraction of sp³-hybridized carbons (Fsp3) is 0.588. The van der Waals surface area contributed by atoms with Gasteiger partial charge >= 0.3 is 6.03 Å². The fourth-order valence-electron chi connectivity index (χ4n) is 2.51. The van der Waals surface area contributed by atoms with E-state index in [1.165, 1.54) is 5.56 Å². The molecule has 0 aliphatic heterocycles. The number of hydrogen-bond acceptors (Lipinski definition) is 2. The standard InChI is InChI=1S/C17H29N3O/c1-6-14(7-2)13(4)19-17(21)20-16-10-8-15(9-11-16)12(3)18-5/h8-14,18H,6-7H2,1-5H3,(H2,19,20,21). The summed E-state index contributed by atoms with van der Waals surface area (Å²) in [6.07, 6.45) is 2.16. The Morgan fingerprint density at radius 2 is 1.67 bits per heavy atom. The smallest absolute Gasteiger partial charge is 0.319 e. The summed E-state index contributed by atoms with van der Waals surface area (Å²) in [4.78, 5) is 12.0. The predicted octanol–water partition coefficient (Wildman–Crippen LogP) is 3.91. The maximum Gasteiger partial charge on any atom is 0.319 e. The molecule has 3 N–H and O–H groups in total. The molecule has 0 aliphatic rings. The first-order chi connectivity index (χ1) is 10.0. The monoisotopic (exact) mass is 291 g/mol. The van der Waals surface area contributed by atoms with E-state index in [9.17, 15) is 4.79 Å². The van der Waals surface area contributed by atoms with Crippen LogP contribution >= 0.6 is 0 Å². The maximum absolute atomic E-state index is 12.0. The summed E-state index contributed by atoms with van der Waals surface area (Å²) >= 11 is 0. The highest BCUT2D eigenvalue weighted by molar-refractivity contribution is 5.89. The summed E-state index contributed by atoms with van der Waals surface area (Å²) in [5.74, 6) is 0.523. The van der Waals surface area contributed by atoms with Gasteiger partial charge in [0.25, 0.3) is 0 Å². The Hall–Kier alpha value is -1.55. The van der Waals surface area contributed by atoms with Gasteiger partial charge in [-0.15, -0.1) is 0 Å². The molecule has 0 spiro atoms. The van der Waals surface area contributed by atoms with E-state index in [0.717, 1.165) is 18.5 Å². The lowest BCUT2D eigenvalue weighted by Crippen LogP contribution is -2.40. The van der Waals surface area contributed by atoms with E-state index in [1.54, 1.807) is 0 Å². The Labute approximate surface area is 128 Å². The lowest BCUT2D eigenvalue weighted by Gasteiger charge is -2.22. The number of carbonyl (C=O) groups excluding carboxylic acids is 1. The van der Waals surface area contributed by atoms with Crippen LogP contribution in [0.2, 0.25) is 0 Å². The van der Waals surface area contributed by atoms with E-state index in [-0.39, 0.29) is 12.1 Å². The SMILES string of the molecule is CCC(CC)C(C)NC(=O)Nc1ccc(C(C)NC)cc1. The van der Waals surface area contributed by atoms with E-state index in [4.69, 9.17) is 0 Å². The summed E-state index contributed by atoms with van der Waals surface area (Å²) in [6.45, 7) is 8.49. The Morgan fingerprint density at radius 1 is 1.10 bits per heavy atom. The van der Waals surface area contributed by atoms with Crippen LogP contribution in [0.25, 0.3) is 0 Å². The fourth-order valence-corrected chi connectivity index (χ4v) is 2.51. The molecule has 0 saturated heterocycles. The van der Waals surface area contributed by atoms with Crippen molar-refractivity contribution in [2.24, 2.45) is 5.92 Å². The van der Waals surface area contributed by atoms with E-state index >= 15 is 0 Å². The molecule has 2 amide bonds. The third-order valence-corrected chi connectivity index (χ3v) is 4.22. The van der Waals surface area contributed by atoms with Crippen molar-refractivity contribution in [1.29, 1.82) is 0 Å². The Balaban J connectivity index is 2.55. The van der Waals surface area contributed by atoms with Crippen molar-refractivity contribution in [3.8, 4) is 0 Å². The summed E-state index contributed by atoms with van der Waals surface area (Å²) in [6, 6.07) is 8.28.